The summed E-state index contributed by atoms with van der Waals surface area (Å²) in [5, 5.41) is 10.4. The Hall–Kier alpha value is -2.35. The minimum atomic E-state index is -0.258. The predicted molar refractivity (Wildman–Crippen MR) is 117 cm³/mol. The Labute approximate surface area is 177 Å². The number of carbonyl (C=O) groups excluding carboxylic acids is 1. The van der Waals surface area contributed by atoms with E-state index in [9.17, 15) is 9.18 Å². The van der Waals surface area contributed by atoms with Gasteiger partial charge in [-0.1, -0.05) is 24.3 Å². The molecule has 1 aliphatic heterocycles. The van der Waals surface area contributed by atoms with E-state index in [2.05, 4.69) is 6.07 Å². The Morgan fingerprint density at radius 3 is 2.59 bits per heavy atom. The van der Waals surface area contributed by atoms with Crippen molar-refractivity contribution in [1.82, 2.24) is 9.91 Å². The van der Waals surface area contributed by atoms with Crippen LogP contribution < -0.4 is 0 Å². The number of hydrogen-bond acceptors (Lipinski definition) is 5. The summed E-state index contributed by atoms with van der Waals surface area (Å²) in [4.78, 5) is 17.4. The minimum absolute atomic E-state index is 0.0110. The van der Waals surface area contributed by atoms with E-state index < -0.39 is 0 Å². The van der Waals surface area contributed by atoms with E-state index in [0.29, 0.717) is 0 Å². The highest BCUT2D eigenvalue weighted by Gasteiger charge is 2.34. The van der Waals surface area contributed by atoms with E-state index in [1.165, 1.54) is 12.1 Å². The Bertz CT molecular complexity index is 984. The molecule has 3 heterocycles. The molecule has 2 atom stereocenters. The lowest BCUT2D eigenvalue weighted by Gasteiger charge is -2.27. The lowest BCUT2D eigenvalue weighted by atomic mass is 10.1. The van der Waals surface area contributed by atoms with Crippen LogP contribution in [-0.2, 0) is 4.79 Å². The molecule has 3 aromatic rings. The zero-order valence-corrected chi connectivity index (χ0v) is 17.9. The van der Waals surface area contributed by atoms with Crippen LogP contribution in [0.3, 0.4) is 0 Å². The summed E-state index contributed by atoms with van der Waals surface area (Å²) in [6.45, 7) is 2.25. The summed E-state index contributed by atoms with van der Waals surface area (Å²) in [5.41, 5.74) is 1.93. The lowest BCUT2D eigenvalue weighted by Crippen LogP contribution is -2.37. The Morgan fingerprint density at radius 2 is 1.93 bits per heavy atom. The number of hydrazone groups is 1. The Kier molecular flexibility index (Phi) is 5.89. The highest BCUT2D eigenvalue weighted by molar-refractivity contribution is 7.12. The average molecular weight is 428 g/mol. The second kappa shape index (κ2) is 8.57. The van der Waals surface area contributed by atoms with Crippen LogP contribution >= 0.6 is 22.7 Å². The quantitative estimate of drug-likeness (QED) is 0.534. The van der Waals surface area contributed by atoms with Crippen LogP contribution in [0.5, 0.6) is 0 Å². The van der Waals surface area contributed by atoms with Crippen LogP contribution in [0.15, 0.2) is 64.4 Å². The number of benzene rings is 1. The summed E-state index contributed by atoms with van der Waals surface area (Å²) in [5.74, 6) is -0.294. The molecule has 0 saturated heterocycles. The standard InChI is InChI=1S/C22H22FN3OS2/c1-15(16-7-9-17(23)10-8-16)25(2)14-22(27)26-19(21-6-4-12-29-21)13-18(24-26)20-5-3-11-28-20/h3-12,15,19H,13-14H2,1-2H3. The highest BCUT2D eigenvalue weighted by atomic mass is 32.1. The Morgan fingerprint density at radius 1 is 1.21 bits per heavy atom. The molecule has 1 amide bonds. The fourth-order valence-electron chi connectivity index (χ4n) is 3.45. The summed E-state index contributed by atoms with van der Waals surface area (Å²) in [6, 6.07) is 14.5. The maximum atomic E-state index is 13.2. The molecule has 0 spiro atoms. The third kappa shape index (κ3) is 4.32. The number of halogens is 1. The smallest absolute Gasteiger partial charge is 0.257 e. The van der Waals surface area contributed by atoms with Crippen molar-refractivity contribution in [3.05, 3.63) is 80.4 Å². The number of amides is 1. The van der Waals surface area contributed by atoms with Crippen molar-refractivity contribution in [1.29, 1.82) is 0 Å². The van der Waals surface area contributed by atoms with Crippen LogP contribution in [-0.4, -0.2) is 35.1 Å². The van der Waals surface area contributed by atoms with Crippen molar-refractivity contribution in [2.75, 3.05) is 13.6 Å². The van der Waals surface area contributed by atoms with Crippen LogP contribution in [0.1, 0.15) is 40.7 Å². The maximum Gasteiger partial charge on any atom is 0.257 e. The molecule has 2 unspecified atom stereocenters. The molecule has 0 fully saturated rings. The van der Waals surface area contributed by atoms with Gasteiger partial charge in [0.15, 0.2) is 0 Å². The maximum absolute atomic E-state index is 13.2. The molecule has 29 heavy (non-hydrogen) atoms. The van der Waals surface area contributed by atoms with E-state index in [1.807, 2.05) is 47.8 Å². The van der Waals surface area contributed by atoms with Gasteiger partial charge in [-0.25, -0.2) is 9.40 Å². The van der Waals surface area contributed by atoms with Crippen LogP contribution in [0.2, 0.25) is 0 Å². The topological polar surface area (TPSA) is 35.9 Å². The average Bonchev–Trinajstić information content (AvgIpc) is 3.48. The molecule has 0 radical (unpaired) electrons. The number of carbonyl (C=O) groups is 1. The van der Waals surface area contributed by atoms with Crippen molar-refractivity contribution in [2.24, 2.45) is 5.10 Å². The highest BCUT2D eigenvalue weighted by Crippen LogP contribution is 2.36. The first-order valence-electron chi connectivity index (χ1n) is 9.45. The normalized spacial score (nSPS) is 17.6. The first-order chi connectivity index (χ1) is 14.0. The van der Waals surface area contributed by atoms with E-state index in [0.717, 1.165) is 27.5 Å². The van der Waals surface area contributed by atoms with Gasteiger partial charge in [-0.3, -0.25) is 9.69 Å². The molecule has 1 aromatic carbocycles. The first kappa shape index (κ1) is 19.9. The molecule has 0 saturated carbocycles. The number of thiophene rings is 2. The van der Waals surface area contributed by atoms with Gasteiger partial charge in [0, 0.05) is 17.3 Å². The predicted octanol–water partition coefficient (Wildman–Crippen LogP) is 5.32. The molecule has 0 aliphatic carbocycles. The van der Waals surface area contributed by atoms with E-state index in [4.69, 9.17) is 5.10 Å². The van der Waals surface area contributed by atoms with Gasteiger partial charge in [-0.15, -0.1) is 22.7 Å². The van der Waals surface area contributed by atoms with Crippen LogP contribution in [0, 0.1) is 5.82 Å². The number of nitrogens with zero attached hydrogens (tertiary/aromatic N) is 3. The Balaban J connectivity index is 1.52. The van der Waals surface area contributed by atoms with Gasteiger partial charge in [0.05, 0.1) is 23.2 Å². The zero-order chi connectivity index (χ0) is 20.4. The molecule has 1 aliphatic rings. The minimum Gasteiger partial charge on any atom is -0.291 e. The third-order valence-corrected chi connectivity index (χ3v) is 7.13. The summed E-state index contributed by atoms with van der Waals surface area (Å²) in [7, 11) is 1.91. The monoisotopic (exact) mass is 427 g/mol. The number of likely N-dealkylation sites (N-methyl/N-ethyl adjacent to an activating group) is 1. The fraction of sp³-hybridized carbons (Fsp3) is 0.273. The van der Waals surface area contributed by atoms with Gasteiger partial charge in [0.1, 0.15) is 5.82 Å². The van der Waals surface area contributed by atoms with Gasteiger partial charge in [-0.05, 0) is 54.6 Å². The third-order valence-electron chi connectivity index (χ3n) is 5.24. The molecule has 0 bridgehead atoms. The first-order valence-corrected chi connectivity index (χ1v) is 11.2. The second-order valence-corrected chi connectivity index (χ2v) is 9.07. The number of rotatable bonds is 6. The van der Waals surface area contributed by atoms with Crippen LogP contribution in [0.4, 0.5) is 4.39 Å². The van der Waals surface area contributed by atoms with E-state index in [1.54, 1.807) is 39.8 Å². The van der Waals surface area contributed by atoms with Crippen molar-refractivity contribution < 1.29 is 9.18 Å². The zero-order valence-electron chi connectivity index (χ0n) is 16.3. The van der Waals surface area contributed by atoms with Crippen molar-refractivity contribution in [3.63, 3.8) is 0 Å². The van der Waals surface area contributed by atoms with Crippen LogP contribution in [0.25, 0.3) is 0 Å². The molecule has 4 rings (SSSR count). The fourth-order valence-corrected chi connectivity index (χ4v) is 4.99. The van der Waals surface area contributed by atoms with Gasteiger partial charge >= 0.3 is 0 Å². The summed E-state index contributed by atoms with van der Waals surface area (Å²) >= 11 is 3.30. The summed E-state index contributed by atoms with van der Waals surface area (Å²) in [6.07, 6.45) is 0.726. The van der Waals surface area contributed by atoms with Crippen molar-refractivity contribution in [2.45, 2.75) is 25.4 Å². The van der Waals surface area contributed by atoms with Gasteiger partial charge in [0.2, 0.25) is 0 Å². The molecule has 7 heteroatoms. The van der Waals surface area contributed by atoms with Gasteiger partial charge in [0.25, 0.3) is 5.91 Å². The van der Waals surface area contributed by atoms with Gasteiger partial charge in [-0.2, -0.15) is 5.10 Å². The molecular weight excluding hydrogens is 405 g/mol. The molecule has 150 valence electrons. The molecule has 2 aromatic heterocycles. The number of hydrogen-bond donors (Lipinski definition) is 0. The van der Waals surface area contributed by atoms with E-state index >= 15 is 0 Å². The van der Waals surface area contributed by atoms with Crippen molar-refractivity contribution >= 4 is 34.3 Å². The molecule has 4 nitrogen and oxygen atoms in total. The van der Waals surface area contributed by atoms with Crippen molar-refractivity contribution in [3.8, 4) is 0 Å². The largest absolute Gasteiger partial charge is 0.291 e. The van der Waals surface area contributed by atoms with Gasteiger partial charge < -0.3 is 0 Å². The second-order valence-electron chi connectivity index (χ2n) is 7.14. The molecule has 0 N–H and O–H groups in total. The molecular formula is C22H22FN3OS2. The SMILES string of the molecule is CC(c1ccc(F)cc1)N(C)CC(=O)N1N=C(c2cccs2)CC1c1cccs1. The van der Waals surface area contributed by atoms with E-state index in [-0.39, 0.29) is 30.4 Å². The lowest BCUT2D eigenvalue weighted by molar-refractivity contribution is -0.134. The summed E-state index contributed by atoms with van der Waals surface area (Å²) < 4.78 is 13.2.